The predicted molar refractivity (Wildman–Crippen MR) is 148 cm³/mol. The van der Waals surface area contributed by atoms with E-state index < -0.39 is 5.97 Å². The number of anilines is 2. The SMILES string of the molecule is CCOc1cc(OCC)cc(C(=O)Nc2cc(C(=O)OC)ccc2N2CCN(Cc3ccccc3)CC2)c1. The third kappa shape index (κ3) is 6.83. The van der Waals surface area contributed by atoms with Gasteiger partial charge in [-0.2, -0.15) is 0 Å². The first-order chi connectivity index (χ1) is 18.5. The summed E-state index contributed by atoms with van der Waals surface area (Å²) in [6.07, 6.45) is 0. The van der Waals surface area contributed by atoms with E-state index in [1.54, 1.807) is 30.3 Å². The molecule has 200 valence electrons. The Hall–Kier alpha value is -4.04. The first-order valence-electron chi connectivity index (χ1n) is 13.0. The summed E-state index contributed by atoms with van der Waals surface area (Å²) in [6.45, 7) is 8.97. The number of esters is 1. The number of nitrogens with one attached hydrogen (secondary N) is 1. The second-order valence-electron chi connectivity index (χ2n) is 8.99. The van der Waals surface area contributed by atoms with Crippen LogP contribution in [0.1, 0.15) is 40.1 Å². The highest BCUT2D eigenvalue weighted by Crippen LogP contribution is 2.30. The highest BCUT2D eigenvalue weighted by atomic mass is 16.5. The summed E-state index contributed by atoms with van der Waals surface area (Å²) in [5, 5.41) is 3.02. The highest BCUT2D eigenvalue weighted by Gasteiger charge is 2.22. The fourth-order valence-corrected chi connectivity index (χ4v) is 4.54. The quantitative estimate of drug-likeness (QED) is 0.385. The van der Waals surface area contributed by atoms with Gasteiger partial charge in [-0.1, -0.05) is 30.3 Å². The van der Waals surface area contributed by atoms with Crippen molar-refractivity contribution >= 4 is 23.3 Å². The van der Waals surface area contributed by atoms with E-state index in [0.29, 0.717) is 41.5 Å². The van der Waals surface area contributed by atoms with Crippen LogP contribution >= 0.6 is 0 Å². The third-order valence-corrected chi connectivity index (χ3v) is 6.39. The number of amides is 1. The topological polar surface area (TPSA) is 80.3 Å². The summed E-state index contributed by atoms with van der Waals surface area (Å²) in [5.41, 5.74) is 3.47. The number of benzene rings is 3. The fraction of sp³-hybridized carbons (Fsp3) is 0.333. The number of methoxy groups -OCH3 is 1. The number of ether oxygens (including phenoxy) is 3. The summed E-state index contributed by atoms with van der Waals surface area (Å²) in [4.78, 5) is 30.3. The van der Waals surface area contributed by atoms with E-state index in [1.807, 2.05) is 26.0 Å². The maximum atomic E-state index is 13.4. The van der Waals surface area contributed by atoms with Gasteiger partial charge in [-0.15, -0.1) is 0 Å². The van der Waals surface area contributed by atoms with Crippen LogP contribution in [0.5, 0.6) is 11.5 Å². The molecule has 0 unspecified atom stereocenters. The molecule has 0 atom stereocenters. The highest BCUT2D eigenvalue weighted by molar-refractivity contribution is 6.07. The lowest BCUT2D eigenvalue weighted by Gasteiger charge is -2.37. The van der Waals surface area contributed by atoms with Gasteiger partial charge in [-0.05, 0) is 49.7 Å². The molecule has 0 radical (unpaired) electrons. The maximum absolute atomic E-state index is 13.4. The monoisotopic (exact) mass is 517 g/mol. The molecule has 1 saturated heterocycles. The Kier molecular flexibility index (Phi) is 9.21. The minimum atomic E-state index is -0.461. The second kappa shape index (κ2) is 13.0. The van der Waals surface area contributed by atoms with Gasteiger partial charge in [0.1, 0.15) is 11.5 Å². The van der Waals surface area contributed by atoms with Crippen LogP contribution in [0.4, 0.5) is 11.4 Å². The van der Waals surface area contributed by atoms with Crippen molar-refractivity contribution in [3.63, 3.8) is 0 Å². The van der Waals surface area contributed by atoms with Gasteiger partial charge in [0.15, 0.2) is 0 Å². The number of piperazine rings is 1. The molecular formula is C30H35N3O5. The average Bonchev–Trinajstić information content (AvgIpc) is 2.94. The third-order valence-electron chi connectivity index (χ3n) is 6.39. The van der Waals surface area contributed by atoms with Gasteiger partial charge in [0.2, 0.25) is 0 Å². The van der Waals surface area contributed by atoms with Gasteiger partial charge < -0.3 is 24.4 Å². The van der Waals surface area contributed by atoms with Crippen molar-refractivity contribution in [2.75, 3.05) is 56.7 Å². The van der Waals surface area contributed by atoms with Gasteiger partial charge in [-0.3, -0.25) is 9.69 Å². The predicted octanol–water partition coefficient (Wildman–Crippen LogP) is 4.85. The molecule has 3 aromatic rings. The van der Waals surface area contributed by atoms with E-state index in [-0.39, 0.29) is 5.91 Å². The lowest BCUT2D eigenvalue weighted by atomic mass is 10.1. The normalized spacial score (nSPS) is 13.6. The summed E-state index contributed by atoms with van der Waals surface area (Å²) in [6, 6.07) is 20.9. The number of carbonyl (C=O) groups is 2. The maximum Gasteiger partial charge on any atom is 0.337 e. The van der Waals surface area contributed by atoms with Crippen molar-refractivity contribution in [1.29, 1.82) is 0 Å². The zero-order valence-corrected chi connectivity index (χ0v) is 22.2. The van der Waals surface area contributed by atoms with Crippen LogP contribution in [-0.2, 0) is 11.3 Å². The van der Waals surface area contributed by atoms with Gasteiger partial charge in [0, 0.05) is 44.4 Å². The van der Waals surface area contributed by atoms with E-state index >= 15 is 0 Å². The minimum Gasteiger partial charge on any atom is -0.494 e. The minimum absolute atomic E-state index is 0.321. The molecule has 1 aliphatic rings. The van der Waals surface area contributed by atoms with E-state index in [0.717, 1.165) is 38.4 Å². The van der Waals surface area contributed by atoms with Crippen LogP contribution in [0.3, 0.4) is 0 Å². The molecule has 8 heteroatoms. The van der Waals surface area contributed by atoms with Gasteiger partial charge in [-0.25, -0.2) is 4.79 Å². The van der Waals surface area contributed by atoms with Gasteiger partial charge >= 0.3 is 5.97 Å². The molecule has 0 aromatic heterocycles. The number of carbonyl (C=O) groups excluding carboxylic acids is 2. The van der Waals surface area contributed by atoms with Crippen LogP contribution in [-0.4, -0.2) is 63.3 Å². The van der Waals surface area contributed by atoms with Crippen molar-refractivity contribution in [1.82, 2.24) is 4.90 Å². The number of nitrogens with zero attached hydrogens (tertiary/aromatic N) is 2. The van der Waals surface area contributed by atoms with Crippen LogP contribution in [0.25, 0.3) is 0 Å². The van der Waals surface area contributed by atoms with Crippen LogP contribution < -0.4 is 19.7 Å². The van der Waals surface area contributed by atoms with Crippen molar-refractivity contribution in [2.24, 2.45) is 0 Å². The lowest BCUT2D eigenvalue weighted by Crippen LogP contribution is -2.46. The molecule has 3 aromatic carbocycles. The molecule has 1 N–H and O–H groups in total. The number of hydrogen-bond acceptors (Lipinski definition) is 7. The van der Waals surface area contributed by atoms with Crippen molar-refractivity contribution in [3.05, 3.63) is 83.4 Å². The van der Waals surface area contributed by atoms with Crippen molar-refractivity contribution in [3.8, 4) is 11.5 Å². The zero-order chi connectivity index (χ0) is 26.9. The van der Waals surface area contributed by atoms with Crippen LogP contribution in [0.2, 0.25) is 0 Å². The van der Waals surface area contributed by atoms with Gasteiger partial charge in [0.25, 0.3) is 5.91 Å². The smallest absolute Gasteiger partial charge is 0.337 e. The molecule has 0 aliphatic carbocycles. The van der Waals surface area contributed by atoms with Crippen molar-refractivity contribution in [2.45, 2.75) is 20.4 Å². The fourth-order valence-electron chi connectivity index (χ4n) is 4.54. The molecule has 38 heavy (non-hydrogen) atoms. The van der Waals surface area contributed by atoms with Crippen LogP contribution in [0, 0.1) is 0 Å². The molecule has 4 rings (SSSR count). The Balaban J connectivity index is 1.55. The largest absolute Gasteiger partial charge is 0.494 e. The van der Waals surface area contributed by atoms with Crippen molar-refractivity contribution < 1.29 is 23.8 Å². The first-order valence-corrected chi connectivity index (χ1v) is 13.0. The summed E-state index contributed by atoms with van der Waals surface area (Å²) in [5.74, 6) is 0.332. The number of rotatable bonds is 10. The molecule has 1 heterocycles. The Morgan fingerprint density at radius 1 is 0.816 bits per heavy atom. The molecule has 1 aliphatic heterocycles. The lowest BCUT2D eigenvalue weighted by molar-refractivity contribution is 0.0600. The zero-order valence-electron chi connectivity index (χ0n) is 22.2. The standard InChI is InChI=1S/C30H35N3O5/c1-4-37-25-17-24(18-26(20-25)38-5-2)29(34)31-27-19-23(30(35)36-3)11-12-28(27)33-15-13-32(14-16-33)21-22-9-7-6-8-10-22/h6-12,17-20H,4-5,13-16,21H2,1-3H3,(H,31,34). The van der Waals surface area contributed by atoms with E-state index in [4.69, 9.17) is 14.2 Å². The van der Waals surface area contributed by atoms with Gasteiger partial charge in [0.05, 0.1) is 37.3 Å². The molecule has 0 bridgehead atoms. The molecule has 1 fully saturated rings. The van der Waals surface area contributed by atoms with E-state index in [2.05, 4.69) is 39.4 Å². The Labute approximate surface area is 224 Å². The molecular weight excluding hydrogens is 482 g/mol. The van der Waals surface area contributed by atoms with E-state index in [9.17, 15) is 9.59 Å². The molecule has 1 amide bonds. The second-order valence-corrected chi connectivity index (χ2v) is 8.99. The number of hydrogen-bond donors (Lipinski definition) is 1. The molecule has 0 spiro atoms. The molecule has 8 nitrogen and oxygen atoms in total. The Morgan fingerprint density at radius 3 is 2.08 bits per heavy atom. The van der Waals surface area contributed by atoms with E-state index in [1.165, 1.54) is 12.7 Å². The first kappa shape index (κ1) is 27.0. The summed E-state index contributed by atoms with van der Waals surface area (Å²) in [7, 11) is 1.34. The Morgan fingerprint density at radius 2 is 1.47 bits per heavy atom. The van der Waals surface area contributed by atoms with Crippen LogP contribution in [0.15, 0.2) is 66.7 Å². The molecule has 0 saturated carbocycles. The average molecular weight is 518 g/mol. The Bertz CT molecular complexity index is 1220. The summed E-state index contributed by atoms with van der Waals surface area (Å²) >= 11 is 0. The summed E-state index contributed by atoms with van der Waals surface area (Å²) < 4.78 is 16.2.